The first kappa shape index (κ1) is 12.5. The number of fused-ring (bicyclic) bond motifs is 1. The zero-order chi connectivity index (χ0) is 14.2. The summed E-state index contributed by atoms with van der Waals surface area (Å²) in [5.74, 6) is 0.741. The van der Waals surface area contributed by atoms with Gasteiger partial charge in [0.1, 0.15) is 0 Å². The Morgan fingerprint density at radius 3 is 2.86 bits per heavy atom. The third-order valence-corrected chi connectivity index (χ3v) is 4.88. The van der Waals surface area contributed by atoms with E-state index in [2.05, 4.69) is 69.5 Å². The normalized spacial score (nSPS) is 20.8. The molecule has 0 spiro atoms. The molecule has 2 atom stereocenters. The minimum absolute atomic E-state index is 0.197. The van der Waals surface area contributed by atoms with Crippen molar-refractivity contribution in [2.45, 2.75) is 25.4 Å². The number of anilines is 1. The minimum atomic E-state index is 0.197. The SMILES string of the molecule is Cc1ccc([C@@H]2C[C@@H](c3cccs3)n3nnnc3N2)cc1. The first-order chi connectivity index (χ1) is 10.3. The molecule has 0 saturated carbocycles. The molecular formula is C15H15N5S. The molecule has 2 aromatic heterocycles. The van der Waals surface area contributed by atoms with Crippen LogP contribution in [0.1, 0.15) is 34.5 Å². The first-order valence-corrected chi connectivity index (χ1v) is 7.83. The molecule has 106 valence electrons. The topological polar surface area (TPSA) is 55.6 Å². The largest absolute Gasteiger partial charge is 0.346 e. The fourth-order valence-corrected chi connectivity index (χ4v) is 3.60. The van der Waals surface area contributed by atoms with Crippen molar-refractivity contribution in [2.75, 3.05) is 5.32 Å². The van der Waals surface area contributed by atoms with Gasteiger partial charge in [-0.2, -0.15) is 0 Å². The highest BCUT2D eigenvalue weighted by molar-refractivity contribution is 7.10. The molecule has 1 aliphatic rings. The van der Waals surface area contributed by atoms with Crippen LogP contribution in [0.15, 0.2) is 41.8 Å². The Morgan fingerprint density at radius 1 is 1.24 bits per heavy atom. The van der Waals surface area contributed by atoms with E-state index in [1.165, 1.54) is 16.0 Å². The Bertz CT molecular complexity index is 732. The number of hydrogen-bond donors (Lipinski definition) is 1. The van der Waals surface area contributed by atoms with Gasteiger partial charge in [0.2, 0.25) is 5.95 Å². The van der Waals surface area contributed by atoms with Gasteiger partial charge in [-0.05, 0) is 40.8 Å². The number of nitrogens with zero attached hydrogens (tertiary/aromatic N) is 4. The summed E-state index contributed by atoms with van der Waals surface area (Å²) in [6, 6.07) is 13.3. The van der Waals surface area contributed by atoms with Gasteiger partial charge in [-0.3, -0.25) is 0 Å². The summed E-state index contributed by atoms with van der Waals surface area (Å²) in [4.78, 5) is 1.29. The molecule has 0 saturated heterocycles. The summed E-state index contributed by atoms with van der Waals surface area (Å²) >= 11 is 1.75. The second kappa shape index (κ2) is 4.96. The molecular weight excluding hydrogens is 282 g/mol. The van der Waals surface area contributed by atoms with Gasteiger partial charge in [-0.1, -0.05) is 41.0 Å². The monoisotopic (exact) mass is 297 g/mol. The van der Waals surface area contributed by atoms with E-state index in [0.29, 0.717) is 0 Å². The third kappa shape index (κ3) is 2.21. The van der Waals surface area contributed by atoms with Crippen molar-refractivity contribution in [2.24, 2.45) is 0 Å². The van der Waals surface area contributed by atoms with Gasteiger partial charge in [0.15, 0.2) is 0 Å². The van der Waals surface area contributed by atoms with Gasteiger partial charge >= 0.3 is 0 Å². The van der Waals surface area contributed by atoms with Crippen molar-refractivity contribution >= 4 is 17.3 Å². The summed E-state index contributed by atoms with van der Waals surface area (Å²) < 4.78 is 1.89. The van der Waals surface area contributed by atoms with Crippen molar-refractivity contribution in [3.8, 4) is 0 Å². The van der Waals surface area contributed by atoms with Crippen LogP contribution >= 0.6 is 11.3 Å². The van der Waals surface area contributed by atoms with Crippen LogP contribution in [0.4, 0.5) is 5.95 Å². The zero-order valence-electron chi connectivity index (χ0n) is 11.6. The molecule has 0 radical (unpaired) electrons. The first-order valence-electron chi connectivity index (χ1n) is 6.95. The number of tetrazole rings is 1. The van der Waals surface area contributed by atoms with Crippen LogP contribution in [0.25, 0.3) is 0 Å². The van der Waals surface area contributed by atoms with Crippen LogP contribution in [0.5, 0.6) is 0 Å². The van der Waals surface area contributed by atoms with Crippen LogP contribution in [-0.2, 0) is 0 Å². The summed E-state index contributed by atoms with van der Waals surface area (Å²) in [6.45, 7) is 2.10. The van der Waals surface area contributed by atoms with E-state index >= 15 is 0 Å². The maximum atomic E-state index is 4.14. The molecule has 0 bridgehead atoms. The van der Waals surface area contributed by atoms with Gasteiger partial charge in [0, 0.05) is 4.88 Å². The van der Waals surface area contributed by atoms with E-state index in [1.54, 1.807) is 11.3 Å². The maximum Gasteiger partial charge on any atom is 0.244 e. The summed E-state index contributed by atoms with van der Waals surface area (Å²) in [5.41, 5.74) is 2.55. The molecule has 3 heterocycles. The Labute approximate surface area is 126 Å². The van der Waals surface area contributed by atoms with Crippen molar-refractivity contribution in [3.05, 3.63) is 57.8 Å². The average Bonchev–Trinajstić information content (AvgIpc) is 3.18. The molecule has 21 heavy (non-hydrogen) atoms. The highest BCUT2D eigenvalue weighted by atomic mass is 32.1. The van der Waals surface area contributed by atoms with E-state index in [9.17, 15) is 0 Å². The lowest BCUT2D eigenvalue weighted by atomic mass is 9.96. The average molecular weight is 297 g/mol. The van der Waals surface area contributed by atoms with Gasteiger partial charge < -0.3 is 5.32 Å². The van der Waals surface area contributed by atoms with Gasteiger partial charge in [-0.25, -0.2) is 4.68 Å². The van der Waals surface area contributed by atoms with Crippen LogP contribution in [-0.4, -0.2) is 20.2 Å². The maximum absolute atomic E-state index is 4.14. The fraction of sp³-hybridized carbons (Fsp3) is 0.267. The van der Waals surface area contributed by atoms with Crippen LogP contribution in [0, 0.1) is 6.92 Å². The van der Waals surface area contributed by atoms with Gasteiger partial charge in [0.25, 0.3) is 0 Å². The fourth-order valence-electron chi connectivity index (χ4n) is 2.77. The number of nitrogens with one attached hydrogen (secondary N) is 1. The zero-order valence-corrected chi connectivity index (χ0v) is 12.4. The van der Waals surface area contributed by atoms with Crippen molar-refractivity contribution in [1.29, 1.82) is 0 Å². The van der Waals surface area contributed by atoms with Crippen LogP contribution < -0.4 is 5.32 Å². The number of thiophene rings is 1. The lowest BCUT2D eigenvalue weighted by Gasteiger charge is -2.30. The second-order valence-electron chi connectivity index (χ2n) is 5.32. The summed E-state index contributed by atoms with van der Waals surface area (Å²) in [7, 11) is 0. The van der Waals surface area contributed by atoms with Crippen molar-refractivity contribution in [3.63, 3.8) is 0 Å². The predicted molar refractivity (Wildman–Crippen MR) is 82.4 cm³/mol. The third-order valence-electron chi connectivity index (χ3n) is 3.90. The molecule has 3 aromatic rings. The lowest BCUT2D eigenvalue weighted by Crippen LogP contribution is -2.27. The molecule has 0 unspecified atom stereocenters. The highest BCUT2D eigenvalue weighted by Gasteiger charge is 2.30. The molecule has 4 rings (SSSR count). The van der Waals surface area contributed by atoms with Gasteiger partial charge in [0.05, 0.1) is 12.1 Å². The summed E-state index contributed by atoms with van der Waals surface area (Å²) in [5, 5.41) is 17.6. The van der Waals surface area contributed by atoms with E-state index in [1.807, 2.05) is 4.68 Å². The standard InChI is InChI=1S/C15H15N5S/c1-10-4-6-11(7-5-10)12-9-13(14-3-2-8-21-14)20-15(16-12)17-18-19-20/h2-8,12-13H,9H2,1H3,(H,16,17,19)/t12-,13-/m0/s1. The Hall–Kier alpha value is -2.21. The summed E-state index contributed by atoms with van der Waals surface area (Å²) in [6.07, 6.45) is 0.946. The van der Waals surface area contributed by atoms with Crippen molar-refractivity contribution in [1.82, 2.24) is 20.2 Å². The van der Waals surface area contributed by atoms with E-state index in [0.717, 1.165) is 12.4 Å². The Morgan fingerprint density at radius 2 is 2.10 bits per heavy atom. The Kier molecular flexibility index (Phi) is 2.96. The van der Waals surface area contributed by atoms with E-state index < -0.39 is 0 Å². The molecule has 0 aliphatic carbocycles. The lowest BCUT2D eigenvalue weighted by molar-refractivity contribution is 0.429. The number of hydrogen-bond acceptors (Lipinski definition) is 5. The smallest absolute Gasteiger partial charge is 0.244 e. The quantitative estimate of drug-likeness (QED) is 0.789. The molecule has 0 amide bonds. The number of benzene rings is 1. The molecule has 5 nitrogen and oxygen atoms in total. The molecule has 1 N–H and O–H groups in total. The predicted octanol–water partition coefficient (Wildman–Crippen LogP) is 3.19. The van der Waals surface area contributed by atoms with E-state index in [-0.39, 0.29) is 12.1 Å². The molecule has 6 heteroatoms. The molecule has 0 fully saturated rings. The number of aromatic nitrogens is 4. The van der Waals surface area contributed by atoms with Crippen LogP contribution in [0.3, 0.4) is 0 Å². The second-order valence-corrected chi connectivity index (χ2v) is 6.30. The minimum Gasteiger partial charge on any atom is -0.346 e. The van der Waals surface area contributed by atoms with E-state index in [4.69, 9.17) is 0 Å². The number of aryl methyl sites for hydroxylation is 1. The van der Waals surface area contributed by atoms with Gasteiger partial charge in [-0.15, -0.1) is 11.3 Å². The highest BCUT2D eigenvalue weighted by Crippen LogP contribution is 2.38. The van der Waals surface area contributed by atoms with Crippen LogP contribution in [0.2, 0.25) is 0 Å². The number of rotatable bonds is 2. The molecule has 1 aromatic carbocycles. The Balaban J connectivity index is 1.72. The van der Waals surface area contributed by atoms with Crippen molar-refractivity contribution < 1.29 is 0 Å². The molecule has 1 aliphatic heterocycles.